The van der Waals surface area contributed by atoms with Crippen LogP contribution in [0, 0.1) is 0 Å². The van der Waals surface area contributed by atoms with E-state index < -0.39 is 59.8 Å². The number of aliphatic hydroxyl groups is 3. The molecule has 1 rings (SSSR count). The number of carbonyl (C=O) groups is 1. The number of unbranched alkanes of at least 4 members (excludes halogenated alkanes) is 18. The lowest BCUT2D eigenvalue weighted by molar-refractivity contribution is -0.301. The van der Waals surface area contributed by atoms with Gasteiger partial charge in [-0.25, -0.2) is 4.18 Å². The zero-order valence-corrected chi connectivity index (χ0v) is 37.4. The number of ether oxygens (including phenoxy) is 4. The lowest BCUT2D eigenvalue weighted by atomic mass is 9.99. The van der Waals surface area contributed by atoms with Gasteiger partial charge in [-0.2, -0.15) is 8.42 Å². The monoisotopic (exact) mass is 859 g/mol. The van der Waals surface area contributed by atoms with Gasteiger partial charge in [-0.15, -0.1) is 0 Å². The normalized spacial score (nSPS) is 20.8. The van der Waals surface area contributed by atoms with Crippen molar-refractivity contribution in [3.63, 3.8) is 0 Å². The van der Waals surface area contributed by atoms with Crippen molar-refractivity contribution in [1.29, 1.82) is 0 Å². The second kappa shape index (κ2) is 37.8. The molecular weight excluding hydrogens is 777 g/mol. The Labute approximate surface area is 357 Å². The molecule has 1 aliphatic heterocycles. The fourth-order valence-electron chi connectivity index (χ4n) is 6.78. The summed E-state index contributed by atoms with van der Waals surface area (Å²) in [6.07, 6.45) is 35.7. The molecule has 6 unspecified atom stereocenters. The van der Waals surface area contributed by atoms with Crippen molar-refractivity contribution in [2.24, 2.45) is 0 Å². The van der Waals surface area contributed by atoms with Crippen molar-refractivity contribution in [3.8, 4) is 0 Å². The van der Waals surface area contributed by atoms with Crippen molar-refractivity contribution in [2.45, 2.75) is 211 Å². The highest BCUT2D eigenvalue weighted by Crippen LogP contribution is 2.26. The molecule has 4 N–H and O–H groups in total. The first-order valence-corrected chi connectivity index (χ1v) is 24.3. The zero-order valence-electron chi connectivity index (χ0n) is 36.6. The molecule has 59 heavy (non-hydrogen) atoms. The summed E-state index contributed by atoms with van der Waals surface area (Å²) >= 11 is 0. The number of aliphatic hydroxyl groups excluding tert-OH is 3. The van der Waals surface area contributed by atoms with Crippen LogP contribution in [-0.2, 0) is 38.3 Å². The van der Waals surface area contributed by atoms with Gasteiger partial charge in [-0.3, -0.25) is 9.35 Å². The molecule has 0 radical (unpaired) electrons. The number of allylic oxidation sites excluding steroid dienone is 8. The molecule has 0 aromatic carbocycles. The van der Waals surface area contributed by atoms with E-state index in [4.69, 9.17) is 23.5 Å². The fourth-order valence-corrected chi connectivity index (χ4v) is 7.29. The summed E-state index contributed by atoms with van der Waals surface area (Å²) in [6.45, 7) is 3.80. The Morgan fingerprint density at radius 2 is 1.17 bits per heavy atom. The molecule has 13 heteroatoms. The number of carbonyl (C=O) groups excluding carboxylic acids is 1. The molecule has 1 saturated heterocycles. The van der Waals surface area contributed by atoms with Crippen LogP contribution in [0.3, 0.4) is 0 Å². The highest BCUT2D eigenvalue weighted by Gasteiger charge is 2.48. The second-order valence-electron chi connectivity index (χ2n) is 15.6. The predicted molar refractivity (Wildman–Crippen MR) is 234 cm³/mol. The molecule has 0 bridgehead atoms. The van der Waals surface area contributed by atoms with E-state index in [0.29, 0.717) is 13.0 Å². The summed E-state index contributed by atoms with van der Waals surface area (Å²) in [5.74, 6) is -0.410. The Morgan fingerprint density at radius 1 is 0.661 bits per heavy atom. The molecule has 0 aliphatic carbocycles. The van der Waals surface area contributed by atoms with Gasteiger partial charge < -0.3 is 34.3 Å². The topological polar surface area (TPSA) is 178 Å². The Morgan fingerprint density at radius 3 is 1.69 bits per heavy atom. The first-order valence-electron chi connectivity index (χ1n) is 22.9. The van der Waals surface area contributed by atoms with Gasteiger partial charge in [-0.1, -0.05) is 165 Å². The molecule has 0 saturated carbocycles. The Balaban J connectivity index is 2.45. The molecule has 0 amide bonds. The third-order valence-electron chi connectivity index (χ3n) is 10.2. The lowest BCUT2D eigenvalue weighted by Crippen LogP contribution is -2.60. The number of esters is 1. The van der Waals surface area contributed by atoms with Gasteiger partial charge in [0.2, 0.25) is 0 Å². The summed E-state index contributed by atoms with van der Waals surface area (Å²) in [6, 6.07) is 0. The van der Waals surface area contributed by atoms with Gasteiger partial charge in [0.15, 0.2) is 6.29 Å². The van der Waals surface area contributed by atoms with Crippen LogP contribution in [0.1, 0.15) is 174 Å². The largest absolute Gasteiger partial charge is 0.457 e. The molecule has 0 aromatic heterocycles. The Kier molecular flexibility index (Phi) is 35.3. The first kappa shape index (κ1) is 55.1. The van der Waals surface area contributed by atoms with Crippen LogP contribution in [-0.4, -0.2) is 97.5 Å². The quantitative estimate of drug-likeness (QED) is 0.0199. The van der Waals surface area contributed by atoms with Crippen molar-refractivity contribution < 1.29 is 56.2 Å². The summed E-state index contributed by atoms with van der Waals surface area (Å²) in [5.41, 5.74) is 0. The highest BCUT2D eigenvalue weighted by molar-refractivity contribution is 7.80. The maximum Gasteiger partial charge on any atom is 0.397 e. The molecule has 1 fully saturated rings. The number of hydrogen-bond donors (Lipinski definition) is 4. The molecule has 12 nitrogen and oxygen atoms in total. The van der Waals surface area contributed by atoms with Crippen LogP contribution in [0.4, 0.5) is 0 Å². The smallest absolute Gasteiger partial charge is 0.397 e. The second-order valence-corrected chi connectivity index (χ2v) is 16.7. The minimum absolute atomic E-state index is 0.0153. The van der Waals surface area contributed by atoms with Crippen LogP contribution >= 0.6 is 0 Å². The molecule has 344 valence electrons. The van der Waals surface area contributed by atoms with E-state index >= 15 is 0 Å². The maximum absolute atomic E-state index is 12.8. The Bertz CT molecular complexity index is 1220. The van der Waals surface area contributed by atoms with Crippen molar-refractivity contribution in [1.82, 2.24) is 0 Å². The standard InChI is InChI=1S/C46H82O12S/c1-3-5-7-9-11-13-15-17-19-21-23-25-27-29-31-33-35-42(48)56-40(39-55-46-44(50)45(58-59(51,52)53)43(49)41(37-47)57-46)38-54-36-34-32-30-28-26-24-22-20-18-16-14-12-10-8-6-4-2/h6,8,12,14,18,20,24,26,40-41,43-47,49-50H,3-5,7,9-11,13,15-17,19,21-23,25,27-39H2,1-2H3,(H,51,52,53)/b8-6-,14-12-,20-18-,26-24-. The Hall–Kier alpha value is -1.94. The number of rotatable bonds is 39. The average Bonchev–Trinajstić information content (AvgIpc) is 3.20. The van der Waals surface area contributed by atoms with E-state index in [0.717, 1.165) is 70.6 Å². The molecule has 1 aliphatic rings. The summed E-state index contributed by atoms with van der Waals surface area (Å²) in [5, 5.41) is 30.7. The van der Waals surface area contributed by atoms with Crippen molar-refractivity contribution >= 4 is 16.4 Å². The SMILES string of the molecule is CC/C=C\C/C=C\C/C=C\C/C=C\CCCCCOCC(COC1OC(CO)C(O)C(OS(=O)(=O)O)C1O)OC(=O)CCCCCCCCCCCCCCCCCC. The van der Waals surface area contributed by atoms with Gasteiger partial charge >= 0.3 is 16.4 Å². The van der Waals surface area contributed by atoms with E-state index in [2.05, 4.69) is 66.6 Å². The van der Waals surface area contributed by atoms with Gasteiger partial charge in [0.1, 0.15) is 30.5 Å². The zero-order chi connectivity index (χ0) is 43.2. The maximum atomic E-state index is 12.8. The van der Waals surface area contributed by atoms with E-state index in [1.807, 2.05) is 0 Å². The van der Waals surface area contributed by atoms with Crippen LogP contribution in [0.2, 0.25) is 0 Å². The van der Waals surface area contributed by atoms with Crippen LogP contribution in [0.5, 0.6) is 0 Å². The van der Waals surface area contributed by atoms with Crippen molar-refractivity contribution in [2.75, 3.05) is 26.4 Å². The van der Waals surface area contributed by atoms with Gasteiger partial charge in [-0.05, 0) is 51.4 Å². The first-order chi connectivity index (χ1) is 28.6. The predicted octanol–water partition coefficient (Wildman–Crippen LogP) is 9.58. The molecule has 0 spiro atoms. The third-order valence-corrected chi connectivity index (χ3v) is 10.7. The van der Waals surface area contributed by atoms with Gasteiger partial charge in [0, 0.05) is 13.0 Å². The van der Waals surface area contributed by atoms with E-state index in [1.54, 1.807) is 0 Å². The van der Waals surface area contributed by atoms with E-state index in [-0.39, 0.29) is 19.6 Å². The summed E-state index contributed by atoms with van der Waals surface area (Å²) < 4.78 is 59.0. The van der Waals surface area contributed by atoms with E-state index in [1.165, 1.54) is 77.0 Å². The highest BCUT2D eigenvalue weighted by atomic mass is 32.3. The molecule has 0 aromatic rings. The van der Waals surface area contributed by atoms with Gasteiger partial charge in [0.25, 0.3) is 0 Å². The summed E-state index contributed by atoms with van der Waals surface area (Å²) in [7, 11) is -5.07. The van der Waals surface area contributed by atoms with Gasteiger partial charge in [0.05, 0.1) is 19.8 Å². The minimum atomic E-state index is -5.07. The summed E-state index contributed by atoms with van der Waals surface area (Å²) in [4.78, 5) is 12.8. The third kappa shape index (κ3) is 31.6. The van der Waals surface area contributed by atoms with Crippen LogP contribution < -0.4 is 0 Å². The van der Waals surface area contributed by atoms with Crippen molar-refractivity contribution in [3.05, 3.63) is 48.6 Å². The molecular formula is C46H82O12S. The molecule has 1 heterocycles. The number of hydrogen-bond acceptors (Lipinski definition) is 11. The molecule has 6 atom stereocenters. The average molecular weight is 859 g/mol. The fraction of sp³-hybridized carbons (Fsp3) is 0.804. The van der Waals surface area contributed by atoms with Crippen LogP contribution in [0.15, 0.2) is 48.6 Å². The minimum Gasteiger partial charge on any atom is -0.457 e. The van der Waals surface area contributed by atoms with E-state index in [9.17, 15) is 28.5 Å². The lowest BCUT2D eigenvalue weighted by Gasteiger charge is -2.41. The van der Waals surface area contributed by atoms with Crippen LogP contribution in [0.25, 0.3) is 0 Å².